The first-order chi connectivity index (χ1) is 10.6. The minimum Gasteiger partial charge on any atom is -0.495 e. The molecule has 0 aliphatic carbocycles. The van der Waals surface area contributed by atoms with Gasteiger partial charge in [0, 0.05) is 4.47 Å². The fraction of sp³-hybridized carbons (Fsp3) is 0.294. The molecule has 0 radical (unpaired) electrons. The third-order valence-corrected chi connectivity index (χ3v) is 5.27. The number of nitrogens with one attached hydrogen (secondary N) is 1. The van der Waals surface area contributed by atoms with Crippen molar-refractivity contribution in [3.05, 3.63) is 52.5 Å². The first-order valence-corrected chi connectivity index (χ1v) is 9.38. The topological polar surface area (TPSA) is 55.4 Å². The average molecular weight is 398 g/mol. The molecule has 2 aromatic carbocycles. The van der Waals surface area contributed by atoms with Crippen molar-refractivity contribution in [3.63, 3.8) is 0 Å². The van der Waals surface area contributed by atoms with E-state index in [0.717, 1.165) is 5.56 Å². The Hall–Kier alpha value is -1.53. The maximum absolute atomic E-state index is 12.8. The number of methoxy groups -OCH3 is 1. The molecule has 124 valence electrons. The first kappa shape index (κ1) is 17.8. The zero-order chi connectivity index (χ0) is 17.3. The molecule has 4 nitrogen and oxygen atoms in total. The zero-order valence-electron chi connectivity index (χ0n) is 13.6. The lowest BCUT2D eigenvalue weighted by atomic mass is 9.86. The van der Waals surface area contributed by atoms with Gasteiger partial charge in [-0.1, -0.05) is 54.9 Å². The van der Waals surface area contributed by atoms with E-state index < -0.39 is 10.0 Å². The molecule has 0 bridgehead atoms. The van der Waals surface area contributed by atoms with E-state index in [2.05, 4.69) is 20.7 Å². The molecule has 0 aromatic heterocycles. The van der Waals surface area contributed by atoms with E-state index in [0.29, 0.717) is 15.9 Å². The van der Waals surface area contributed by atoms with Crippen molar-refractivity contribution >= 4 is 31.6 Å². The van der Waals surface area contributed by atoms with E-state index in [1.165, 1.54) is 13.2 Å². The Labute approximate surface area is 146 Å². The van der Waals surface area contributed by atoms with Crippen LogP contribution in [0.2, 0.25) is 0 Å². The minimum absolute atomic E-state index is 0.0955. The van der Waals surface area contributed by atoms with E-state index in [4.69, 9.17) is 4.74 Å². The van der Waals surface area contributed by atoms with Crippen LogP contribution >= 0.6 is 15.9 Å². The zero-order valence-corrected chi connectivity index (χ0v) is 16.0. The summed E-state index contributed by atoms with van der Waals surface area (Å²) in [6, 6.07) is 12.3. The van der Waals surface area contributed by atoms with Gasteiger partial charge in [-0.2, -0.15) is 0 Å². The van der Waals surface area contributed by atoms with Crippen molar-refractivity contribution in [3.8, 4) is 5.75 Å². The number of hydrogen-bond acceptors (Lipinski definition) is 3. The summed E-state index contributed by atoms with van der Waals surface area (Å²) in [4.78, 5) is 0.0955. The molecule has 6 heteroatoms. The van der Waals surface area contributed by atoms with Gasteiger partial charge in [0.15, 0.2) is 0 Å². The van der Waals surface area contributed by atoms with Crippen LogP contribution in [0.1, 0.15) is 26.3 Å². The molecule has 0 spiro atoms. The van der Waals surface area contributed by atoms with Crippen LogP contribution in [0.3, 0.4) is 0 Å². The maximum Gasteiger partial charge on any atom is 0.265 e. The number of rotatable bonds is 4. The third kappa shape index (κ3) is 4.06. The van der Waals surface area contributed by atoms with Gasteiger partial charge >= 0.3 is 0 Å². The van der Waals surface area contributed by atoms with Gasteiger partial charge in [0.25, 0.3) is 10.0 Å². The summed E-state index contributed by atoms with van der Waals surface area (Å²) in [5, 5.41) is 0. The monoisotopic (exact) mass is 397 g/mol. The highest BCUT2D eigenvalue weighted by Gasteiger charge is 2.24. The molecule has 0 heterocycles. The summed E-state index contributed by atoms with van der Waals surface area (Å²) in [6.07, 6.45) is 0. The normalized spacial score (nSPS) is 12.0. The maximum atomic E-state index is 12.8. The number of hydrogen-bond donors (Lipinski definition) is 1. The Morgan fingerprint density at radius 1 is 1.09 bits per heavy atom. The lowest BCUT2D eigenvalue weighted by Crippen LogP contribution is -2.19. The summed E-state index contributed by atoms with van der Waals surface area (Å²) in [6.45, 7) is 6.12. The molecular formula is C17H20BrNO3S. The fourth-order valence-corrected chi connectivity index (χ4v) is 4.07. The van der Waals surface area contributed by atoms with Crippen LogP contribution in [-0.2, 0) is 15.4 Å². The van der Waals surface area contributed by atoms with Gasteiger partial charge < -0.3 is 4.74 Å². The smallest absolute Gasteiger partial charge is 0.265 e. The van der Waals surface area contributed by atoms with E-state index in [1.54, 1.807) is 18.2 Å². The van der Waals surface area contributed by atoms with Gasteiger partial charge in [0.1, 0.15) is 10.6 Å². The second-order valence-corrected chi connectivity index (χ2v) is 8.76. The Bertz CT molecular complexity index is 811. The van der Waals surface area contributed by atoms with Crippen LogP contribution in [0.25, 0.3) is 0 Å². The number of anilines is 1. The predicted molar refractivity (Wildman–Crippen MR) is 96.6 cm³/mol. The molecule has 0 saturated heterocycles. The molecule has 0 amide bonds. The molecule has 23 heavy (non-hydrogen) atoms. The van der Waals surface area contributed by atoms with Crippen LogP contribution in [-0.4, -0.2) is 15.5 Å². The molecule has 2 rings (SSSR count). The molecule has 0 aliphatic heterocycles. The lowest BCUT2D eigenvalue weighted by molar-refractivity contribution is 0.403. The summed E-state index contributed by atoms with van der Waals surface area (Å²) in [5.41, 5.74) is 1.32. The quantitative estimate of drug-likeness (QED) is 0.822. The standard InChI is InChI=1S/C17H20BrNO3S/c1-17(2,3)13-7-5-6-8-14(13)19-23(20,21)16-11-12(18)9-10-15(16)22-4/h5-11,19H,1-4H3. The van der Waals surface area contributed by atoms with Crippen LogP contribution < -0.4 is 9.46 Å². The van der Waals surface area contributed by atoms with E-state index in [1.807, 2.05) is 39.0 Å². The van der Waals surface area contributed by atoms with Crippen molar-refractivity contribution in [1.29, 1.82) is 0 Å². The second-order valence-electron chi connectivity index (χ2n) is 6.20. The molecule has 0 saturated carbocycles. The van der Waals surface area contributed by atoms with Gasteiger partial charge in [-0.3, -0.25) is 4.72 Å². The number of halogens is 1. The summed E-state index contributed by atoms with van der Waals surface area (Å²) < 4.78 is 34.1. The predicted octanol–water partition coefficient (Wildman–Crippen LogP) is 4.56. The van der Waals surface area contributed by atoms with Gasteiger partial charge in [-0.15, -0.1) is 0 Å². The molecule has 1 N–H and O–H groups in total. The Morgan fingerprint density at radius 3 is 2.35 bits per heavy atom. The number of para-hydroxylation sites is 1. The van der Waals surface area contributed by atoms with Crippen LogP contribution in [0.5, 0.6) is 5.75 Å². The van der Waals surface area contributed by atoms with Gasteiger partial charge in [0.2, 0.25) is 0 Å². The highest BCUT2D eigenvalue weighted by Crippen LogP contribution is 2.33. The lowest BCUT2D eigenvalue weighted by Gasteiger charge is -2.23. The minimum atomic E-state index is -3.77. The largest absolute Gasteiger partial charge is 0.495 e. The van der Waals surface area contributed by atoms with E-state index in [-0.39, 0.29) is 10.3 Å². The summed E-state index contributed by atoms with van der Waals surface area (Å²) >= 11 is 3.30. The van der Waals surface area contributed by atoms with Gasteiger partial charge in [-0.05, 0) is 35.2 Å². The Kier molecular flexibility index (Phi) is 5.06. The SMILES string of the molecule is COc1ccc(Br)cc1S(=O)(=O)Nc1ccccc1C(C)(C)C. The number of sulfonamides is 1. The van der Waals surface area contributed by atoms with E-state index in [9.17, 15) is 8.42 Å². The van der Waals surface area contributed by atoms with Gasteiger partial charge in [0.05, 0.1) is 12.8 Å². The number of benzene rings is 2. The molecule has 0 atom stereocenters. The van der Waals surface area contributed by atoms with Crippen molar-refractivity contribution in [2.45, 2.75) is 31.1 Å². The van der Waals surface area contributed by atoms with Crippen LogP contribution in [0.15, 0.2) is 51.8 Å². The fourth-order valence-electron chi connectivity index (χ4n) is 2.29. The van der Waals surface area contributed by atoms with Crippen molar-refractivity contribution in [2.24, 2.45) is 0 Å². The first-order valence-electron chi connectivity index (χ1n) is 7.11. The van der Waals surface area contributed by atoms with Crippen molar-refractivity contribution in [2.75, 3.05) is 11.8 Å². The summed E-state index contributed by atoms with van der Waals surface area (Å²) in [5.74, 6) is 0.300. The molecule has 0 unspecified atom stereocenters. The average Bonchev–Trinajstić information content (AvgIpc) is 2.46. The third-order valence-electron chi connectivity index (χ3n) is 3.39. The Morgan fingerprint density at radius 2 is 1.74 bits per heavy atom. The van der Waals surface area contributed by atoms with Crippen molar-refractivity contribution < 1.29 is 13.2 Å². The van der Waals surface area contributed by atoms with E-state index >= 15 is 0 Å². The molecular weight excluding hydrogens is 378 g/mol. The van der Waals surface area contributed by atoms with Crippen molar-refractivity contribution in [1.82, 2.24) is 0 Å². The molecule has 2 aromatic rings. The molecule has 0 fully saturated rings. The highest BCUT2D eigenvalue weighted by atomic mass is 79.9. The highest BCUT2D eigenvalue weighted by molar-refractivity contribution is 9.10. The van der Waals surface area contributed by atoms with Crippen LogP contribution in [0, 0.1) is 0 Å². The second kappa shape index (κ2) is 6.53. The summed E-state index contributed by atoms with van der Waals surface area (Å²) in [7, 11) is -2.32. The number of ether oxygens (including phenoxy) is 1. The Balaban J connectivity index is 2.51. The van der Waals surface area contributed by atoms with Gasteiger partial charge in [-0.25, -0.2) is 8.42 Å². The van der Waals surface area contributed by atoms with Crippen LogP contribution in [0.4, 0.5) is 5.69 Å². The molecule has 0 aliphatic rings.